The van der Waals surface area contributed by atoms with Crippen LogP contribution in [0.25, 0.3) is 0 Å². The Morgan fingerprint density at radius 3 is 2.63 bits per heavy atom. The summed E-state index contributed by atoms with van der Waals surface area (Å²) in [4.78, 5) is 12.2. The van der Waals surface area contributed by atoms with Crippen LogP contribution in [0.1, 0.15) is 26.3 Å². The molecule has 1 aromatic rings. The molecular formula is C15H22N2O2. The maximum absolute atomic E-state index is 12.2. The summed E-state index contributed by atoms with van der Waals surface area (Å²) in [6.45, 7) is 6.56. The Labute approximate surface area is 114 Å². The monoisotopic (exact) mass is 262 g/mol. The summed E-state index contributed by atoms with van der Waals surface area (Å²) in [7, 11) is 0. The number of ether oxygens (including phenoxy) is 1. The molecule has 4 nitrogen and oxygen atoms in total. The molecule has 19 heavy (non-hydrogen) atoms. The van der Waals surface area contributed by atoms with Gasteiger partial charge in [-0.3, -0.25) is 4.79 Å². The van der Waals surface area contributed by atoms with Crippen LogP contribution >= 0.6 is 0 Å². The zero-order chi connectivity index (χ0) is 14.0. The van der Waals surface area contributed by atoms with E-state index in [2.05, 4.69) is 12.2 Å². The lowest BCUT2D eigenvalue weighted by Gasteiger charge is -2.18. The highest BCUT2D eigenvalue weighted by molar-refractivity contribution is 5.79. The Kier molecular flexibility index (Phi) is 4.10. The van der Waals surface area contributed by atoms with Crippen molar-refractivity contribution in [3.05, 3.63) is 29.8 Å². The number of benzene rings is 1. The Hall–Kier alpha value is -1.55. The van der Waals surface area contributed by atoms with Crippen molar-refractivity contribution < 1.29 is 9.53 Å². The predicted molar refractivity (Wildman–Crippen MR) is 75.4 cm³/mol. The van der Waals surface area contributed by atoms with Crippen LogP contribution in [-0.4, -0.2) is 18.1 Å². The Balaban J connectivity index is 1.95. The normalized spacial score (nSPS) is 30.3. The van der Waals surface area contributed by atoms with Crippen LogP contribution in [-0.2, 0) is 16.1 Å². The van der Waals surface area contributed by atoms with Gasteiger partial charge in [0.05, 0.1) is 18.1 Å². The van der Waals surface area contributed by atoms with Gasteiger partial charge in [-0.2, -0.15) is 0 Å². The second-order valence-electron chi connectivity index (χ2n) is 5.39. The molecule has 1 aliphatic rings. The lowest BCUT2D eigenvalue weighted by Crippen LogP contribution is -2.36. The maximum Gasteiger partial charge on any atom is 0.226 e. The first-order valence-corrected chi connectivity index (χ1v) is 6.76. The molecule has 1 heterocycles. The fraction of sp³-hybridized carbons (Fsp3) is 0.533. The Morgan fingerprint density at radius 2 is 2.05 bits per heavy atom. The SMILES string of the molecule is CC1OC(C)C(C(=O)NCc2cccc(N)c2)C1C. The molecule has 104 valence electrons. The molecule has 4 unspecified atom stereocenters. The first kappa shape index (κ1) is 13.9. The zero-order valence-corrected chi connectivity index (χ0v) is 11.7. The van der Waals surface area contributed by atoms with Crippen molar-refractivity contribution in [3.63, 3.8) is 0 Å². The van der Waals surface area contributed by atoms with Gasteiger partial charge in [0.1, 0.15) is 0 Å². The van der Waals surface area contributed by atoms with Gasteiger partial charge in [0.25, 0.3) is 0 Å². The molecule has 0 saturated carbocycles. The predicted octanol–water partition coefficient (Wildman–Crippen LogP) is 1.94. The summed E-state index contributed by atoms with van der Waals surface area (Å²) in [5, 5.41) is 2.98. The number of nitrogens with two attached hydrogens (primary N) is 1. The molecule has 1 aliphatic heterocycles. The average Bonchev–Trinajstić information content (AvgIpc) is 2.61. The average molecular weight is 262 g/mol. The van der Waals surface area contributed by atoms with E-state index in [1.807, 2.05) is 38.1 Å². The Morgan fingerprint density at radius 1 is 1.32 bits per heavy atom. The van der Waals surface area contributed by atoms with Crippen molar-refractivity contribution in [3.8, 4) is 0 Å². The van der Waals surface area contributed by atoms with Crippen LogP contribution in [0.4, 0.5) is 5.69 Å². The van der Waals surface area contributed by atoms with E-state index >= 15 is 0 Å². The van der Waals surface area contributed by atoms with Crippen molar-refractivity contribution in [1.29, 1.82) is 0 Å². The molecule has 0 aliphatic carbocycles. The number of hydrogen-bond acceptors (Lipinski definition) is 3. The lowest BCUT2D eigenvalue weighted by molar-refractivity contribution is -0.127. The van der Waals surface area contributed by atoms with Gasteiger partial charge in [0.15, 0.2) is 0 Å². The molecule has 0 radical (unpaired) electrons. The topological polar surface area (TPSA) is 64.3 Å². The number of anilines is 1. The summed E-state index contributed by atoms with van der Waals surface area (Å²) in [5.41, 5.74) is 7.45. The van der Waals surface area contributed by atoms with E-state index in [9.17, 15) is 4.79 Å². The molecule has 3 N–H and O–H groups in total. The molecular weight excluding hydrogens is 240 g/mol. The van der Waals surface area contributed by atoms with Crippen LogP contribution < -0.4 is 11.1 Å². The fourth-order valence-corrected chi connectivity index (χ4v) is 2.73. The van der Waals surface area contributed by atoms with Crippen LogP contribution in [0.15, 0.2) is 24.3 Å². The standard InChI is InChI=1S/C15H22N2O2/c1-9-10(2)19-11(3)14(9)15(18)17-8-12-5-4-6-13(16)7-12/h4-7,9-11,14H,8,16H2,1-3H3,(H,17,18). The van der Waals surface area contributed by atoms with E-state index in [1.54, 1.807) is 0 Å². The summed E-state index contributed by atoms with van der Waals surface area (Å²) in [6.07, 6.45) is 0.115. The number of rotatable bonds is 3. The van der Waals surface area contributed by atoms with Crippen molar-refractivity contribution in [2.24, 2.45) is 11.8 Å². The summed E-state index contributed by atoms with van der Waals surface area (Å²) in [5.74, 6) is 0.235. The highest BCUT2D eigenvalue weighted by Gasteiger charge is 2.41. The highest BCUT2D eigenvalue weighted by Crippen LogP contribution is 2.32. The van der Waals surface area contributed by atoms with Crippen LogP contribution in [0.3, 0.4) is 0 Å². The van der Waals surface area contributed by atoms with Crippen LogP contribution in [0, 0.1) is 11.8 Å². The first-order chi connectivity index (χ1) is 8.99. The third-order valence-corrected chi connectivity index (χ3v) is 3.96. The second-order valence-corrected chi connectivity index (χ2v) is 5.39. The number of amides is 1. The van der Waals surface area contributed by atoms with Crippen LogP contribution in [0.5, 0.6) is 0 Å². The molecule has 4 atom stereocenters. The molecule has 1 fully saturated rings. The van der Waals surface area contributed by atoms with Crippen molar-refractivity contribution in [2.75, 3.05) is 5.73 Å². The van der Waals surface area contributed by atoms with Crippen molar-refractivity contribution in [2.45, 2.75) is 39.5 Å². The lowest BCUT2D eigenvalue weighted by atomic mass is 9.89. The van der Waals surface area contributed by atoms with E-state index in [4.69, 9.17) is 10.5 Å². The molecule has 1 saturated heterocycles. The molecule has 1 aromatic carbocycles. The highest BCUT2D eigenvalue weighted by atomic mass is 16.5. The number of hydrogen-bond donors (Lipinski definition) is 2. The smallest absolute Gasteiger partial charge is 0.226 e. The van der Waals surface area contributed by atoms with E-state index in [0.717, 1.165) is 5.56 Å². The summed E-state index contributed by atoms with van der Waals surface area (Å²) in [6, 6.07) is 7.56. The number of carbonyl (C=O) groups excluding carboxylic acids is 1. The largest absolute Gasteiger partial charge is 0.399 e. The van der Waals surface area contributed by atoms with Gasteiger partial charge in [-0.05, 0) is 37.5 Å². The third-order valence-electron chi connectivity index (χ3n) is 3.96. The van der Waals surface area contributed by atoms with Crippen LogP contribution in [0.2, 0.25) is 0 Å². The van der Waals surface area contributed by atoms with E-state index in [0.29, 0.717) is 12.2 Å². The van der Waals surface area contributed by atoms with Gasteiger partial charge in [0.2, 0.25) is 5.91 Å². The van der Waals surface area contributed by atoms with Gasteiger partial charge in [-0.1, -0.05) is 19.1 Å². The van der Waals surface area contributed by atoms with Gasteiger partial charge in [-0.25, -0.2) is 0 Å². The molecule has 0 aromatic heterocycles. The molecule has 0 bridgehead atoms. The van der Waals surface area contributed by atoms with Gasteiger partial charge < -0.3 is 15.8 Å². The second kappa shape index (κ2) is 5.61. The van der Waals surface area contributed by atoms with Crippen molar-refractivity contribution >= 4 is 11.6 Å². The minimum atomic E-state index is -0.0731. The zero-order valence-electron chi connectivity index (χ0n) is 11.7. The number of nitrogens with one attached hydrogen (secondary N) is 1. The minimum absolute atomic E-state index is 0.0224. The molecule has 4 heteroatoms. The number of nitrogen functional groups attached to an aromatic ring is 1. The fourth-order valence-electron chi connectivity index (χ4n) is 2.73. The van der Waals surface area contributed by atoms with Gasteiger partial charge in [0, 0.05) is 12.2 Å². The third kappa shape index (κ3) is 3.07. The molecule has 2 rings (SSSR count). The minimum Gasteiger partial charge on any atom is -0.399 e. The van der Waals surface area contributed by atoms with E-state index < -0.39 is 0 Å². The Bertz CT molecular complexity index is 461. The summed E-state index contributed by atoms with van der Waals surface area (Å²) < 4.78 is 5.70. The summed E-state index contributed by atoms with van der Waals surface area (Å²) >= 11 is 0. The van der Waals surface area contributed by atoms with E-state index in [-0.39, 0.29) is 30.0 Å². The number of carbonyl (C=O) groups is 1. The molecule has 0 spiro atoms. The maximum atomic E-state index is 12.2. The quantitative estimate of drug-likeness (QED) is 0.818. The van der Waals surface area contributed by atoms with Gasteiger partial charge in [-0.15, -0.1) is 0 Å². The van der Waals surface area contributed by atoms with E-state index in [1.165, 1.54) is 0 Å². The first-order valence-electron chi connectivity index (χ1n) is 6.76. The molecule has 1 amide bonds. The van der Waals surface area contributed by atoms with Gasteiger partial charge >= 0.3 is 0 Å². The van der Waals surface area contributed by atoms with Crippen molar-refractivity contribution in [1.82, 2.24) is 5.32 Å².